The summed E-state index contributed by atoms with van der Waals surface area (Å²) in [6.07, 6.45) is 1.05. The van der Waals surface area contributed by atoms with Gasteiger partial charge in [0.2, 0.25) is 0 Å². The largest absolute Gasteiger partial charge is 0.500 e. The third kappa shape index (κ3) is 7.47. The lowest BCUT2D eigenvalue weighted by molar-refractivity contribution is 0.0712. The molecule has 0 N–H and O–H groups in total. The van der Waals surface area contributed by atoms with E-state index < -0.39 is 8.80 Å². The van der Waals surface area contributed by atoms with E-state index in [1.165, 1.54) is 9.83 Å². The average molecular weight is 303 g/mol. The van der Waals surface area contributed by atoms with E-state index in [9.17, 15) is 0 Å². The Hall–Kier alpha value is 1.15. The lowest BCUT2D eigenvalue weighted by Gasteiger charge is -2.28. The molecule has 0 aromatic heterocycles. The van der Waals surface area contributed by atoms with E-state index >= 15 is 0 Å². The monoisotopic (exact) mass is 302 g/mol. The molecule has 0 unspecified atom stereocenters. The van der Waals surface area contributed by atoms with Crippen molar-refractivity contribution in [2.24, 2.45) is 0 Å². The first kappa shape index (κ1) is 17.1. The minimum Gasteiger partial charge on any atom is -0.374 e. The van der Waals surface area contributed by atoms with Gasteiger partial charge in [0.05, 0.1) is 0 Å². The average Bonchev–Trinajstić information content (AvgIpc) is 2.26. The number of thiol groups is 1. The molecule has 0 aromatic carbocycles. The van der Waals surface area contributed by atoms with Gasteiger partial charge in [0.1, 0.15) is 0 Å². The summed E-state index contributed by atoms with van der Waals surface area (Å²) in [4.78, 5) is 0. The van der Waals surface area contributed by atoms with E-state index in [4.69, 9.17) is 13.3 Å². The fourth-order valence-corrected chi connectivity index (χ4v) is 5.84. The Morgan fingerprint density at radius 1 is 1.00 bits per heavy atom. The van der Waals surface area contributed by atoms with E-state index in [1.54, 1.807) is 10.8 Å². The van der Waals surface area contributed by atoms with Crippen LogP contribution in [-0.4, -0.2) is 34.4 Å². The summed E-state index contributed by atoms with van der Waals surface area (Å²) in [5.41, 5.74) is 0. The summed E-state index contributed by atoms with van der Waals surface area (Å²) in [7, 11) is 0.843. The van der Waals surface area contributed by atoms with E-state index in [1.807, 2.05) is 20.8 Å². The highest BCUT2D eigenvalue weighted by molar-refractivity contribution is 9.05. The highest BCUT2D eigenvalue weighted by Gasteiger charge is 2.39. The van der Waals surface area contributed by atoms with Crippen LogP contribution in [-0.2, 0) is 13.3 Å². The quantitative estimate of drug-likeness (QED) is 0.272. The molecule has 98 valence electrons. The predicted molar refractivity (Wildman–Crippen MR) is 79.1 cm³/mol. The van der Waals surface area contributed by atoms with Crippen LogP contribution in [0, 0.1) is 0 Å². The van der Waals surface area contributed by atoms with Crippen LogP contribution in [0.5, 0.6) is 0 Å². The number of rotatable bonds is 11. The molecule has 0 saturated carbocycles. The molecule has 0 aliphatic rings. The summed E-state index contributed by atoms with van der Waals surface area (Å²) in [5.74, 6) is 1.05. The SMILES string of the molecule is CCO[Si](CCCSSS)(OCC)OCC. The summed E-state index contributed by atoms with van der Waals surface area (Å²) in [5, 5.41) is 0. The van der Waals surface area contributed by atoms with Crippen molar-refractivity contribution in [3.8, 4) is 0 Å². The highest BCUT2D eigenvalue weighted by Crippen LogP contribution is 2.27. The third-order valence-corrected chi connectivity index (χ3v) is 7.33. The topological polar surface area (TPSA) is 27.7 Å². The third-order valence-electron chi connectivity index (χ3n) is 1.86. The van der Waals surface area contributed by atoms with Gasteiger partial charge < -0.3 is 13.3 Å². The standard InChI is InChI=1S/C9H22O3S3Si/c1-4-10-16(11-5-2,12-6-3)9-7-8-14-15-13/h13H,4-9H2,1-3H3. The first-order valence-electron chi connectivity index (χ1n) is 5.59. The second-order valence-electron chi connectivity index (χ2n) is 2.98. The van der Waals surface area contributed by atoms with Crippen molar-refractivity contribution in [2.45, 2.75) is 33.2 Å². The van der Waals surface area contributed by atoms with Gasteiger partial charge >= 0.3 is 8.80 Å². The lowest BCUT2D eigenvalue weighted by Crippen LogP contribution is -2.46. The molecule has 0 spiro atoms. The molecule has 0 rings (SSSR count). The predicted octanol–water partition coefficient (Wildman–Crippen LogP) is 3.65. The summed E-state index contributed by atoms with van der Waals surface area (Å²) < 4.78 is 17.2. The van der Waals surface area contributed by atoms with Gasteiger partial charge in [0, 0.05) is 31.6 Å². The van der Waals surface area contributed by atoms with E-state index in [2.05, 4.69) is 11.7 Å². The Balaban J connectivity index is 4.12. The number of hydrogen-bond acceptors (Lipinski definition) is 6. The molecular formula is C9H22O3S3Si. The minimum absolute atomic E-state index is 0.653. The molecule has 7 heteroatoms. The van der Waals surface area contributed by atoms with Crippen molar-refractivity contribution < 1.29 is 13.3 Å². The van der Waals surface area contributed by atoms with E-state index in [0.29, 0.717) is 19.8 Å². The van der Waals surface area contributed by atoms with Crippen molar-refractivity contribution in [3.63, 3.8) is 0 Å². The second kappa shape index (κ2) is 11.2. The van der Waals surface area contributed by atoms with Crippen molar-refractivity contribution in [2.75, 3.05) is 25.6 Å². The molecule has 0 saturated heterocycles. The fourth-order valence-electron chi connectivity index (χ4n) is 1.39. The molecule has 0 aliphatic heterocycles. The molecule has 0 radical (unpaired) electrons. The normalized spacial score (nSPS) is 12.0. The number of hydrogen-bond donors (Lipinski definition) is 1. The van der Waals surface area contributed by atoms with Gasteiger partial charge in [0.25, 0.3) is 0 Å². The molecule has 16 heavy (non-hydrogen) atoms. The van der Waals surface area contributed by atoms with Gasteiger partial charge in [-0.1, -0.05) is 22.5 Å². The molecule has 0 heterocycles. The van der Waals surface area contributed by atoms with Gasteiger partial charge in [-0.3, -0.25) is 0 Å². The van der Waals surface area contributed by atoms with Crippen molar-refractivity contribution in [1.29, 1.82) is 0 Å². The first-order valence-corrected chi connectivity index (χ1v) is 10.9. The zero-order valence-corrected chi connectivity index (χ0v) is 13.8. The molecule has 0 fully saturated rings. The maximum Gasteiger partial charge on any atom is 0.500 e. The van der Waals surface area contributed by atoms with Gasteiger partial charge in [-0.15, -0.1) is 0 Å². The van der Waals surface area contributed by atoms with Crippen molar-refractivity contribution in [1.82, 2.24) is 0 Å². The Morgan fingerprint density at radius 3 is 1.88 bits per heavy atom. The van der Waals surface area contributed by atoms with Crippen LogP contribution in [0.3, 0.4) is 0 Å². The lowest BCUT2D eigenvalue weighted by atomic mass is 10.6. The Bertz CT molecular complexity index is 146. The van der Waals surface area contributed by atoms with E-state index in [0.717, 1.165) is 18.2 Å². The summed E-state index contributed by atoms with van der Waals surface area (Å²) >= 11 is 4.09. The molecular weight excluding hydrogens is 280 g/mol. The molecule has 0 aromatic rings. The van der Waals surface area contributed by atoms with Crippen LogP contribution in [0.2, 0.25) is 6.04 Å². The van der Waals surface area contributed by atoms with Gasteiger partial charge in [-0.2, -0.15) is 0 Å². The van der Waals surface area contributed by atoms with Gasteiger partial charge in [0.15, 0.2) is 0 Å². The van der Waals surface area contributed by atoms with Crippen LogP contribution in [0.1, 0.15) is 27.2 Å². The molecule has 3 nitrogen and oxygen atoms in total. The van der Waals surface area contributed by atoms with Crippen LogP contribution in [0.4, 0.5) is 0 Å². The van der Waals surface area contributed by atoms with Crippen LogP contribution >= 0.6 is 32.3 Å². The second-order valence-corrected chi connectivity index (χ2v) is 9.00. The van der Waals surface area contributed by atoms with Crippen molar-refractivity contribution >= 4 is 41.1 Å². The van der Waals surface area contributed by atoms with E-state index in [-0.39, 0.29) is 0 Å². The Morgan fingerprint density at radius 2 is 1.50 bits per heavy atom. The van der Waals surface area contributed by atoms with Gasteiger partial charge in [-0.25, -0.2) is 0 Å². The van der Waals surface area contributed by atoms with Crippen molar-refractivity contribution in [3.05, 3.63) is 0 Å². The fraction of sp³-hybridized carbons (Fsp3) is 1.00. The minimum atomic E-state index is -2.39. The van der Waals surface area contributed by atoms with Crippen LogP contribution < -0.4 is 0 Å². The van der Waals surface area contributed by atoms with Crippen LogP contribution in [0.15, 0.2) is 0 Å². The molecule has 0 amide bonds. The zero-order chi connectivity index (χ0) is 12.3. The smallest absolute Gasteiger partial charge is 0.374 e. The Kier molecular flexibility index (Phi) is 12.1. The Labute approximate surface area is 113 Å². The zero-order valence-electron chi connectivity index (χ0n) is 10.2. The first-order chi connectivity index (χ1) is 7.74. The maximum absolute atomic E-state index is 5.75. The summed E-state index contributed by atoms with van der Waals surface area (Å²) in [6.45, 7) is 7.91. The summed E-state index contributed by atoms with van der Waals surface area (Å²) in [6, 6.07) is 0.893. The molecule has 0 atom stereocenters. The van der Waals surface area contributed by atoms with Gasteiger partial charge in [-0.05, 0) is 37.0 Å². The highest BCUT2D eigenvalue weighted by atomic mass is 33.5. The maximum atomic E-state index is 5.75. The molecule has 0 bridgehead atoms. The molecule has 0 aliphatic carbocycles. The van der Waals surface area contributed by atoms with Crippen LogP contribution in [0.25, 0.3) is 0 Å².